The molecule has 0 aromatic rings. The first-order valence-corrected chi connectivity index (χ1v) is 6.05. The average Bonchev–Trinajstić information content (AvgIpc) is 2.10. The van der Waals surface area contributed by atoms with Crippen molar-refractivity contribution in [3.63, 3.8) is 0 Å². The normalized spacial score (nSPS) is 12.3. The summed E-state index contributed by atoms with van der Waals surface area (Å²) >= 11 is 1.53. The molecule has 5 nitrogen and oxygen atoms in total. The number of carboxylic acid groups (broad SMARTS) is 1. The number of carboxylic acids is 1. The molecule has 0 aliphatic carbocycles. The molecule has 0 aliphatic rings. The van der Waals surface area contributed by atoms with Gasteiger partial charge in [0, 0.05) is 0 Å². The van der Waals surface area contributed by atoms with E-state index in [0.29, 0.717) is 12.2 Å². The molecule has 0 fully saturated rings. The Balaban J connectivity index is 4.04. The number of carbonyl (C=O) groups is 2. The molecule has 0 radical (unpaired) electrons. The van der Waals surface area contributed by atoms with Crippen LogP contribution in [-0.2, 0) is 9.53 Å². The number of hydrogen-bond acceptors (Lipinski definition) is 4. The van der Waals surface area contributed by atoms with Gasteiger partial charge in [0.1, 0.15) is 6.04 Å². The van der Waals surface area contributed by atoms with Gasteiger partial charge in [-0.2, -0.15) is 11.8 Å². The standard InChI is InChI=1S/C9H17NO4S/c1-6(2)14-9(13)10-7(8(11)12)4-5-15-3/h6-7H,4-5H2,1-3H3,(H,10,13)(H,11,12)/t7-/m1/s1. The molecule has 0 aromatic heterocycles. The SMILES string of the molecule is CSCC[C@@H](NC(=O)OC(C)C)C(=O)O. The molecule has 0 saturated heterocycles. The van der Waals surface area contributed by atoms with Crippen LogP contribution in [0.1, 0.15) is 20.3 Å². The van der Waals surface area contributed by atoms with Crippen molar-refractivity contribution in [1.82, 2.24) is 5.32 Å². The van der Waals surface area contributed by atoms with Gasteiger partial charge in [0.05, 0.1) is 6.10 Å². The number of carbonyl (C=O) groups excluding carboxylic acids is 1. The van der Waals surface area contributed by atoms with Gasteiger partial charge in [-0.1, -0.05) is 0 Å². The van der Waals surface area contributed by atoms with Gasteiger partial charge < -0.3 is 15.2 Å². The van der Waals surface area contributed by atoms with Crippen LogP contribution in [0, 0.1) is 0 Å². The predicted molar refractivity (Wildman–Crippen MR) is 59.2 cm³/mol. The van der Waals surface area contributed by atoms with Crippen LogP contribution < -0.4 is 5.32 Å². The Morgan fingerprint density at radius 2 is 2.07 bits per heavy atom. The van der Waals surface area contributed by atoms with Crippen LogP contribution in [0.4, 0.5) is 4.79 Å². The maximum atomic E-state index is 11.1. The monoisotopic (exact) mass is 235 g/mol. The number of alkyl carbamates (subject to hydrolysis) is 1. The molecule has 88 valence electrons. The molecular weight excluding hydrogens is 218 g/mol. The third-order valence-electron chi connectivity index (χ3n) is 1.54. The third-order valence-corrected chi connectivity index (χ3v) is 2.19. The quantitative estimate of drug-likeness (QED) is 0.726. The number of aliphatic carboxylic acids is 1. The lowest BCUT2D eigenvalue weighted by Crippen LogP contribution is -2.42. The van der Waals surface area contributed by atoms with Crippen LogP contribution in [-0.4, -0.2) is 41.3 Å². The van der Waals surface area contributed by atoms with Crippen molar-refractivity contribution in [2.75, 3.05) is 12.0 Å². The van der Waals surface area contributed by atoms with E-state index in [2.05, 4.69) is 5.32 Å². The zero-order valence-corrected chi connectivity index (χ0v) is 9.97. The van der Waals surface area contributed by atoms with Crippen molar-refractivity contribution in [2.45, 2.75) is 32.4 Å². The molecule has 6 heteroatoms. The summed E-state index contributed by atoms with van der Waals surface area (Å²) in [4.78, 5) is 21.9. The Morgan fingerprint density at radius 3 is 2.47 bits per heavy atom. The lowest BCUT2D eigenvalue weighted by Gasteiger charge is -2.15. The van der Waals surface area contributed by atoms with Gasteiger partial charge in [0.2, 0.25) is 0 Å². The van der Waals surface area contributed by atoms with E-state index in [0.717, 1.165) is 0 Å². The van der Waals surface area contributed by atoms with Gasteiger partial charge in [-0.3, -0.25) is 0 Å². The maximum Gasteiger partial charge on any atom is 0.408 e. The molecule has 0 rings (SSSR count). The Morgan fingerprint density at radius 1 is 1.47 bits per heavy atom. The molecule has 2 N–H and O–H groups in total. The van der Waals surface area contributed by atoms with E-state index in [4.69, 9.17) is 9.84 Å². The van der Waals surface area contributed by atoms with E-state index in [-0.39, 0.29) is 6.10 Å². The summed E-state index contributed by atoms with van der Waals surface area (Å²) in [7, 11) is 0. The van der Waals surface area contributed by atoms with E-state index >= 15 is 0 Å². The van der Waals surface area contributed by atoms with E-state index in [1.54, 1.807) is 13.8 Å². The summed E-state index contributed by atoms with van der Waals surface area (Å²) in [5.74, 6) is -0.358. The highest BCUT2D eigenvalue weighted by atomic mass is 32.2. The summed E-state index contributed by atoms with van der Waals surface area (Å²) in [5.41, 5.74) is 0. The number of thioether (sulfide) groups is 1. The van der Waals surface area contributed by atoms with Gasteiger partial charge >= 0.3 is 12.1 Å². The molecule has 0 saturated carbocycles. The number of rotatable bonds is 6. The predicted octanol–water partition coefficient (Wildman–Crippen LogP) is 1.33. The maximum absolute atomic E-state index is 11.1. The minimum absolute atomic E-state index is 0.250. The molecule has 1 atom stereocenters. The Hall–Kier alpha value is -0.910. The smallest absolute Gasteiger partial charge is 0.408 e. The number of nitrogens with one attached hydrogen (secondary N) is 1. The van der Waals surface area contributed by atoms with Crippen LogP contribution in [0.15, 0.2) is 0 Å². The van der Waals surface area contributed by atoms with Crippen molar-refractivity contribution < 1.29 is 19.4 Å². The fraction of sp³-hybridized carbons (Fsp3) is 0.778. The molecule has 0 unspecified atom stereocenters. The van der Waals surface area contributed by atoms with Crippen molar-refractivity contribution in [3.8, 4) is 0 Å². The number of amides is 1. The lowest BCUT2D eigenvalue weighted by molar-refractivity contribution is -0.139. The second kappa shape index (κ2) is 7.39. The molecule has 0 spiro atoms. The van der Waals surface area contributed by atoms with Crippen LogP contribution in [0.2, 0.25) is 0 Å². The van der Waals surface area contributed by atoms with Gasteiger partial charge in [0.15, 0.2) is 0 Å². The second-order valence-electron chi connectivity index (χ2n) is 3.27. The molecule has 15 heavy (non-hydrogen) atoms. The highest BCUT2D eigenvalue weighted by molar-refractivity contribution is 7.98. The summed E-state index contributed by atoms with van der Waals surface area (Å²) in [6.45, 7) is 3.41. The molecule has 0 aromatic carbocycles. The molecule has 0 aliphatic heterocycles. The summed E-state index contributed by atoms with van der Waals surface area (Å²) in [5, 5.41) is 11.1. The van der Waals surface area contributed by atoms with Crippen LogP contribution in [0.5, 0.6) is 0 Å². The highest BCUT2D eigenvalue weighted by Crippen LogP contribution is 2.01. The lowest BCUT2D eigenvalue weighted by atomic mass is 10.2. The first kappa shape index (κ1) is 14.1. The van der Waals surface area contributed by atoms with Crippen molar-refractivity contribution >= 4 is 23.8 Å². The average molecular weight is 235 g/mol. The van der Waals surface area contributed by atoms with Gasteiger partial charge in [-0.05, 0) is 32.3 Å². The summed E-state index contributed by atoms with van der Waals surface area (Å²) < 4.78 is 4.79. The van der Waals surface area contributed by atoms with Crippen LogP contribution in [0.3, 0.4) is 0 Å². The van der Waals surface area contributed by atoms with E-state index in [1.807, 2.05) is 6.26 Å². The van der Waals surface area contributed by atoms with Crippen LogP contribution in [0.25, 0.3) is 0 Å². The number of hydrogen-bond donors (Lipinski definition) is 2. The van der Waals surface area contributed by atoms with Gasteiger partial charge in [-0.25, -0.2) is 9.59 Å². The van der Waals surface area contributed by atoms with Gasteiger partial charge in [0.25, 0.3) is 0 Å². The molecule has 0 heterocycles. The zero-order chi connectivity index (χ0) is 11.8. The zero-order valence-electron chi connectivity index (χ0n) is 9.15. The van der Waals surface area contributed by atoms with Crippen molar-refractivity contribution in [1.29, 1.82) is 0 Å². The minimum Gasteiger partial charge on any atom is -0.480 e. The summed E-state index contributed by atoms with van der Waals surface area (Å²) in [6.07, 6.45) is 1.34. The summed E-state index contributed by atoms with van der Waals surface area (Å²) in [6, 6.07) is -0.872. The van der Waals surface area contributed by atoms with Crippen molar-refractivity contribution in [2.24, 2.45) is 0 Å². The molecule has 1 amide bonds. The fourth-order valence-corrected chi connectivity index (χ4v) is 1.35. The van der Waals surface area contributed by atoms with E-state index in [1.165, 1.54) is 11.8 Å². The van der Waals surface area contributed by atoms with E-state index < -0.39 is 18.1 Å². The van der Waals surface area contributed by atoms with Gasteiger partial charge in [-0.15, -0.1) is 0 Å². The fourth-order valence-electron chi connectivity index (χ4n) is 0.883. The first-order valence-electron chi connectivity index (χ1n) is 4.66. The first-order chi connectivity index (χ1) is 6.97. The Kier molecular flexibility index (Phi) is 6.94. The second-order valence-corrected chi connectivity index (χ2v) is 4.26. The molecule has 0 bridgehead atoms. The Bertz CT molecular complexity index is 220. The minimum atomic E-state index is -1.04. The highest BCUT2D eigenvalue weighted by Gasteiger charge is 2.20. The molecular formula is C9H17NO4S. The third kappa shape index (κ3) is 7.07. The Labute approximate surface area is 93.6 Å². The van der Waals surface area contributed by atoms with Crippen LogP contribution >= 0.6 is 11.8 Å². The largest absolute Gasteiger partial charge is 0.480 e. The topological polar surface area (TPSA) is 75.6 Å². The van der Waals surface area contributed by atoms with E-state index in [9.17, 15) is 9.59 Å². The number of ether oxygens (including phenoxy) is 1. The van der Waals surface area contributed by atoms with Crippen molar-refractivity contribution in [3.05, 3.63) is 0 Å².